The molecule has 1 saturated carbocycles. The van der Waals surface area contributed by atoms with Gasteiger partial charge in [-0.25, -0.2) is 4.79 Å². The fourth-order valence-electron chi connectivity index (χ4n) is 1.34. The van der Waals surface area contributed by atoms with Gasteiger partial charge in [0.25, 0.3) is 0 Å². The van der Waals surface area contributed by atoms with Gasteiger partial charge >= 0.3 is 5.97 Å². The van der Waals surface area contributed by atoms with Crippen LogP contribution in [0.15, 0.2) is 12.3 Å². The van der Waals surface area contributed by atoms with E-state index >= 15 is 0 Å². The molecule has 86 valence electrons. The number of rotatable bonds is 4. The third-order valence-corrected chi connectivity index (χ3v) is 2.53. The number of hydrogen-bond acceptors (Lipinski definition) is 3. The molecule has 16 heavy (non-hydrogen) atoms. The normalized spacial score (nSPS) is 16.8. The second-order valence-electron chi connectivity index (χ2n) is 3.94. The third-order valence-electron chi connectivity index (χ3n) is 2.53. The van der Waals surface area contributed by atoms with E-state index in [4.69, 9.17) is 5.11 Å². The molecule has 1 fully saturated rings. The van der Waals surface area contributed by atoms with Gasteiger partial charge in [0.05, 0.1) is 0 Å². The predicted molar refractivity (Wildman–Crippen MR) is 55.1 cm³/mol. The topological polar surface area (TPSA) is 84.2 Å². The zero-order chi connectivity index (χ0) is 11.7. The number of carbonyl (C=O) groups is 2. The fraction of sp³-hybridized carbons (Fsp3) is 0.500. The second-order valence-corrected chi connectivity index (χ2v) is 3.94. The van der Waals surface area contributed by atoms with Crippen molar-refractivity contribution in [1.82, 2.24) is 15.1 Å². The molecule has 2 N–H and O–H groups in total. The van der Waals surface area contributed by atoms with Crippen LogP contribution in [0.3, 0.4) is 0 Å². The van der Waals surface area contributed by atoms with Crippen LogP contribution < -0.4 is 5.32 Å². The molecule has 1 aromatic rings. The summed E-state index contributed by atoms with van der Waals surface area (Å²) in [4.78, 5) is 22.3. The van der Waals surface area contributed by atoms with Crippen molar-refractivity contribution in [2.24, 2.45) is 0 Å². The van der Waals surface area contributed by atoms with Gasteiger partial charge in [0.15, 0.2) is 5.69 Å². The van der Waals surface area contributed by atoms with Crippen molar-refractivity contribution >= 4 is 11.9 Å². The van der Waals surface area contributed by atoms with Gasteiger partial charge in [0.1, 0.15) is 6.04 Å². The van der Waals surface area contributed by atoms with E-state index < -0.39 is 12.0 Å². The number of nitrogens with zero attached hydrogens (tertiary/aromatic N) is 2. The second kappa shape index (κ2) is 3.96. The number of hydrogen-bond donors (Lipinski definition) is 2. The van der Waals surface area contributed by atoms with Gasteiger partial charge in [-0.3, -0.25) is 9.48 Å². The Morgan fingerprint density at radius 1 is 1.62 bits per heavy atom. The first kappa shape index (κ1) is 10.7. The van der Waals surface area contributed by atoms with E-state index in [-0.39, 0.29) is 11.6 Å². The molecule has 0 saturated heterocycles. The van der Waals surface area contributed by atoms with Crippen molar-refractivity contribution in [3.8, 4) is 0 Å². The van der Waals surface area contributed by atoms with Gasteiger partial charge in [-0.1, -0.05) is 0 Å². The molecule has 0 radical (unpaired) electrons. The summed E-state index contributed by atoms with van der Waals surface area (Å²) in [7, 11) is 0. The summed E-state index contributed by atoms with van der Waals surface area (Å²) in [5.41, 5.74) is -0.0499. The molecule has 6 nitrogen and oxygen atoms in total. The van der Waals surface area contributed by atoms with E-state index in [9.17, 15) is 9.59 Å². The van der Waals surface area contributed by atoms with Crippen molar-refractivity contribution in [3.05, 3.63) is 18.0 Å². The Kier molecular flexibility index (Phi) is 2.64. The highest BCUT2D eigenvalue weighted by Crippen LogP contribution is 2.19. The van der Waals surface area contributed by atoms with E-state index in [0.717, 1.165) is 12.8 Å². The number of nitrogens with one attached hydrogen (secondary N) is 1. The number of aromatic nitrogens is 2. The van der Waals surface area contributed by atoms with Crippen LogP contribution in [-0.2, 0) is 4.79 Å². The van der Waals surface area contributed by atoms with Crippen LogP contribution in [0.2, 0.25) is 0 Å². The molecule has 0 bridgehead atoms. The number of carboxylic acids is 1. The summed E-state index contributed by atoms with van der Waals surface area (Å²) in [6, 6.07) is 1.20. The summed E-state index contributed by atoms with van der Waals surface area (Å²) in [6.45, 7) is 1.69. The summed E-state index contributed by atoms with van der Waals surface area (Å²) in [5.74, 6) is -1.21. The van der Waals surface area contributed by atoms with Gasteiger partial charge in [-0.05, 0) is 25.8 Å². The van der Waals surface area contributed by atoms with Crippen LogP contribution in [0, 0.1) is 0 Å². The number of carbonyl (C=O) groups excluding carboxylic acids is 1. The SMILES string of the molecule is CC(C(=O)NC1CC1)n1ccc(C(=O)O)n1. The monoisotopic (exact) mass is 223 g/mol. The lowest BCUT2D eigenvalue weighted by atomic mass is 10.3. The highest BCUT2D eigenvalue weighted by Gasteiger charge is 2.26. The molecule has 1 heterocycles. The summed E-state index contributed by atoms with van der Waals surface area (Å²) < 4.78 is 1.36. The quantitative estimate of drug-likeness (QED) is 0.774. The van der Waals surface area contributed by atoms with Crippen LogP contribution in [0.25, 0.3) is 0 Å². The Balaban J connectivity index is 2.03. The van der Waals surface area contributed by atoms with E-state index in [0.29, 0.717) is 6.04 Å². The summed E-state index contributed by atoms with van der Waals surface area (Å²) >= 11 is 0. The van der Waals surface area contributed by atoms with Crippen molar-refractivity contribution < 1.29 is 14.7 Å². The third kappa shape index (κ3) is 2.21. The fourth-order valence-corrected chi connectivity index (χ4v) is 1.34. The number of carboxylic acid groups (broad SMARTS) is 1. The maximum Gasteiger partial charge on any atom is 0.356 e. The number of aromatic carboxylic acids is 1. The highest BCUT2D eigenvalue weighted by atomic mass is 16.4. The van der Waals surface area contributed by atoms with Crippen molar-refractivity contribution in [1.29, 1.82) is 0 Å². The van der Waals surface area contributed by atoms with Crippen LogP contribution in [0.4, 0.5) is 0 Å². The Labute approximate surface area is 92.3 Å². The minimum absolute atomic E-state index is 0.0499. The van der Waals surface area contributed by atoms with Gasteiger partial charge < -0.3 is 10.4 Å². The summed E-state index contributed by atoms with van der Waals surface area (Å²) in [5, 5.41) is 15.4. The molecule has 0 aromatic carbocycles. The molecule has 1 amide bonds. The van der Waals surface area contributed by atoms with E-state index in [2.05, 4.69) is 10.4 Å². The van der Waals surface area contributed by atoms with Gasteiger partial charge in [-0.15, -0.1) is 0 Å². The largest absolute Gasteiger partial charge is 0.476 e. The first-order valence-corrected chi connectivity index (χ1v) is 5.17. The molecular formula is C10H13N3O3. The zero-order valence-corrected chi connectivity index (χ0v) is 8.88. The molecule has 1 atom stereocenters. The van der Waals surface area contributed by atoms with Crippen molar-refractivity contribution in [2.45, 2.75) is 31.8 Å². The van der Waals surface area contributed by atoms with Crippen LogP contribution in [0.5, 0.6) is 0 Å². The first-order valence-electron chi connectivity index (χ1n) is 5.17. The highest BCUT2D eigenvalue weighted by molar-refractivity contribution is 5.85. The predicted octanol–water partition coefficient (Wildman–Crippen LogP) is 0.421. The van der Waals surface area contributed by atoms with Crippen molar-refractivity contribution in [2.75, 3.05) is 0 Å². The Bertz CT molecular complexity index is 423. The van der Waals surface area contributed by atoms with Crippen molar-refractivity contribution in [3.63, 3.8) is 0 Å². The first-order chi connectivity index (χ1) is 7.58. The Hall–Kier alpha value is -1.85. The Morgan fingerprint density at radius 2 is 2.31 bits per heavy atom. The molecule has 1 aliphatic rings. The maximum atomic E-state index is 11.7. The van der Waals surface area contributed by atoms with Gasteiger partial charge in [0.2, 0.25) is 5.91 Å². The van der Waals surface area contributed by atoms with Crippen LogP contribution in [0.1, 0.15) is 36.3 Å². The van der Waals surface area contributed by atoms with E-state index in [1.54, 1.807) is 6.92 Å². The number of amides is 1. The molecule has 1 aromatic heterocycles. The zero-order valence-electron chi connectivity index (χ0n) is 8.88. The average molecular weight is 223 g/mol. The minimum Gasteiger partial charge on any atom is -0.476 e. The lowest BCUT2D eigenvalue weighted by Gasteiger charge is -2.11. The van der Waals surface area contributed by atoms with Gasteiger partial charge in [0, 0.05) is 12.2 Å². The van der Waals surface area contributed by atoms with E-state index in [1.165, 1.54) is 16.9 Å². The standard InChI is InChI=1S/C10H13N3O3/c1-6(9(14)11-7-2-3-7)13-5-4-8(12-13)10(15)16/h4-7H,2-3H2,1H3,(H,11,14)(H,15,16). The smallest absolute Gasteiger partial charge is 0.356 e. The molecule has 1 unspecified atom stereocenters. The average Bonchev–Trinajstić information content (AvgIpc) is 2.91. The molecule has 2 rings (SSSR count). The maximum absolute atomic E-state index is 11.7. The van der Waals surface area contributed by atoms with Gasteiger partial charge in [-0.2, -0.15) is 5.10 Å². The van der Waals surface area contributed by atoms with E-state index in [1.807, 2.05) is 0 Å². The van der Waals surface area contributed by atoms with Crippen LogP contribution in [-0.4, -0.2) is 32.8 Å². The molecule has 0 spiro atoms. The molecule has 1 aliphatic carbocycles. The molecule has 0 aliphatic heterocycles. The molecular weight excluding hydrogens is 210 g/mol. The summed E-state index contributed by atoms with van der Waals surface area (Å²) in [6.07, 6.45) is 3.55. The lowest BCUT2D eigenvalue weighted by Crippen LogP contribution is -2.32. The van der Waals surface area contributed by atoms with Crippen LogP contribution >= 0.6 is 0 Å². The lowest BCUT2D eigenvalue weighted by molar-refractivity contribution is -0.124. The minimum atomic E-state index is -1.09. The molecule has 6 heteroatoms. The Morgan fingerprint density at radius 3 is 2.81 bits per heavy atom.